The number of hydrogen-bond donors (Lipinski definition) is 2. The van der Waals surface area contributed by atoms with E-state index in [4.69, 9.17) is 9.51 Å². The molecule has 0 unspecified atom stereocenters. The standard InChI is InChI=1S/C10H25BN2O2/c1-3-5-7-9-12-14-11-15-13-10-8-6-4-2/h11-13H,3-10H2,1-2H3. The molecule has 15 heavy (non-hydrogen) atoms. The average Bonchev–Trinajstić information content (AvgIpc) is 2.26. The first-order chi connectivity index (χ1) is 7.41. The van der Waals surface area contributed by atoms with Gasteiger partial charge in [-0.1, -0.05) is 39.5 Å². The number of nitrogens with one attached hydrogen (secondary N) is 2. The Morgan fingerprint density at radius 3 is 1.67 bits per heavy atom. The number of unbranched alkanes of at least 4 members (excludes halogenated alkanes) is 4. The fraction of sp³-hybridized carbons (Fsp3) is 1.00. The van der Waals surface area contributed by atoms with Crippen LogP contribution in [0.2, 0.25) is 0 Å². The van der Waals surface area contributed by atoms with E-state index in [1.807, 2.05) is 0 Å². The molecular formula is C10H25BN2O2. The van der Waals surface area contributed by atoms with Crippen molar-refractivity contribution < 1.29 is 9.51 Å². The van der Waals surface area contributed by atoms with Crippen LogP contribution >= 0.6 is 0 Å². The summed E-state index contributed by atoms with van der Waals surface area (Å²) in [6.45, 7) is 6.16. The van der Waals surface area contributed by atoms with Gasteiger partial charge in [0.25, 0.3) is 0 Å². The molecule has 0 heterocycles. The Morgan fingerprint density at radius 2 is 1.27 bits per heavy atom. The molecule has 0 fully saturated rings. The third-order valence-electron chi connectivity index (χ3n) is 2.09. The van der Waals surface area contributed by atoms with Crippen LogP contribution in [0.5, 0.6) is 0 Å². The molecule has 0 aliphatic heterocycles. The highest BCUT2D eigenvalue weighted by Gasteiger charge is 1.92. The Balaban J connectivity index is 2.81. The van der Waals surface area contributed by atoms with Crippen LogP contribution in [0, 0.1) is 0 Å². The third-order valence-corrected chi connectivity index (χ3v) is 2.09. The zero-order valence-corrected chi connectivity index (χ0v) is 10.2. The van der Waals surface area contributed by atoms with Crippen molar-refractivity contribution in [3.63, 3.8) is 0 Å². The van der Waals surface area contributed by atoms with E-state index in [9.17, 15) is 0 Å². The molecule has 0 aliphatic rings. The number of hydroxylamine groups is 2. The van der Waals surface area contributed by atoms with E-state index in [0.717, 1.165) is 25.9 Å². The van der Waals surface area contributed by atoms with E-state index in [1.165, 1.54) is 25.7 Å². The molecule has 0 bridgehead atoms. The molecule has 5 heteroatoms. The first-order valence-corrected chi connectivity index (χ1v) is 6.11. The van der Waals surface area contributed by atoms with Crippen LogP contribution in [0.15, 0.2) is 0 Å². The van der Waals surface area contributed by atoms with Crippen molar-refractivity contribution in [2.75, 3.05) is 13.1 Å². The second-order valence-electron chi connectivity index (χ2n) is 3.61. The van der Waals surface area contributed by atoms with Crippen molar-refractivity contribution in [3.05, 3.63) is 0 Å². The second kappa shape index (κ2) is 13.9. The Hall–Kier alpha value is -0.0951. The fourth-order valence-corrected chi connectivity index (χ4v) is 1.15. The van der Waals surface area contributed by atoms with Crippen molar-refractivity contribution in [3.8, 4) is 0 Å². The molecule has 4 nitrogen and oxygen atoms in total. The van der Waals surface area contributed by atoms with E-state index >= 15 is 0 Å². The van der Waals surface area contributed by atoms with Gasteiger partial charge in [0, 0.05) is 13.1 Å². The predicted molar refractivity (Wildman–Crippen MR) is 64.4 cm³/mol. The van der Waals surface area contributed by atoms with Crippen LogP contribution in [0.3, 0.4) is 0 Å². The van der Waals surface area contributed by atoms with Gasteiger partial charge in [0.2, 0.25) is 0 Å². The van der Waals surface area contributed by atoms with E-state index < -0.39 is 0 Å². The van der Waals surface area contributed by atoms with Crippen LogP contribution in [0.4, 0.5) is 0 Å². The van der Waals surface area contributed by atoms with Crippen LogP contribution in [0.1, 0.15) is 52.4 Å². The van der Waals surface area contributed by atoms with Crippen molar-refractivity contribution in [2.45, 2.75) is 52.4 Å². The van der Waals surface area contributed by atoms with Gasteiger partial charge in [-0.25, -0.2) is 11.0 Å². The maximum atomic E-state index is 5.05. The molecule has 0 radical (unpaired) electrons. The summed E-state index contributed by atoms with van der Waals surface area (Å²) in [6.07, 6.45) is 7.26. The smallest absolute Gasteiger partial charge is 0.329 e. The first kappa shape index (κ1) is 14.9. The molecule has 0 atom stereocenters. The van der Waals surface area contributed by atoms with Crippen molar-refractivity contribution >= 4 is 7.69 Å². The molecule has 0 aliphatic carbocycles. The molecule has 0 aromatic carbocycles. The minimum Gasteiger partial charge on any atom is -0.329 e. The highest BCUT2D eigenvalue weighted by atomic mass is 16.7. The minimum atomic E-state index is 0.262. The summed E-state index contributed by atoms with van der Waals surface area (Å²) >= 11 is 0. The summed E-state index contributed by atoms with van der Waals surface area (Å²) in [5, 5.41) is 0. The lowest BCUT2D eigenvalue weighted by molar-refractivity contribution is 0.105. The molecule has 0 saturated heterocycles. The van der Waals surface area contributed by atoms with E-state index in [1.54, 1.807) is 0 Å². The van der Waals surface area contributed by atoms with Crippen molar-refractivity contribution in [1.82, 2.24) is 11.0 Å². The molecule has 90 valence electrons. The second-order valence-corrected chi connectivity index (χ2v) is 3.61. The van der Waals surface area contributed by atoms with Crippen LogP contribution in [0.25, 0.3) is 0 Å². The topological polar surface area (TPSA) is 42.5 Å². The monoisotopic (exact) mass is 216 g/mol. The Bertz CT molecular complexity index is 106. The Labute approximate surface area is 94.3 Å². The third kappa shape index (κ3) is 13.9. The van der Waals surface area contributed by atoms with Crippen LogP contribution in [-0.4, -0.2) is 20.8 Å². The first-order valence-electron chi connectivity index (χ1n) is 6.11. The number of rotatable bonds is 12. The highest BCUT2D eigenvalue weighted by molar-refractivity contribution is 6.17. The van der Waals surface area contributed by atoms with Gasteiger partial charge in [-0.2, -0.15) is 0 Å². The lowest BCUT2D eigenvalue weighted by Crippen LogP contribution is -2.26. The number of hydrogen-bond acceptors (Lipinski definition) is 4. The summed E-state index contributed by atoms with van der Waals surface area (Å²) in [6, 6.07) is 0. The summed E-state index contributed by atoms with van der Waals surface area (Å²) in [7, 11) is 0.262. The van der Waals surface area contributed by atoms with Gasteiger partial charge in [-0.05, 0) is 12.8 Å². The molecule has 0 saturated carbocycles. The van der Waals surface area contributed by atoms with Gasteiger partial charge in [-0.15, -0.1) is 0 Å². The van der Waals surface area contributed by atoms with Gasteiger partial charge < -0.3 is 9.51 Å². The molecule has 0 aromatic heterocycles. The zero-order valence-electron chi connectivity index (χ0n) is 10.2. The maximum absolute atomic E-state index is 5.05. The lowest BCUT2D eigenvalue weighted by Gasteiger charge is -2.06. The fourth-order valence-electron chi connectivity index (χ4n) is 1.15. The average molecular weight is 216 g/mol. The normalized spacial score (nSPS) is 10.5. The zero-order chi connectivity index (χ0) is 11.2. The minimum absolute atomic E-state index is 0.262. The summed E-state index contributed by atoms with van der Waals surface area (Å²) in [5.41, 5.74) is 5.71. The van der Waals surface area contributed by atoms with Crippen LogP contribution < -0.4 is 11.0 Å². The van der Waals surface area contributed by atoms with Gasteiger partial charge in [0.1, 0.15) is 0 Å². The van der Waals surface area contributed by atoms with Crippen molar-refractivity contribution in [2.24, 2.45) is 0 Å². The molecular weight excluding hydrogens is 191 g/mol. The summed E-state index contributed by atoms with van der Waals surface area (Å²) in [4.78, 5) is 0. The highest BCUT2D eigenvalue weighted by Crippen LogP contribution is 1.91. The molecule has 0 aromatic rings. The van der Waals surface area contributed by atoms with E-state index in [0.29, 0.717) is 0 Å². The summed E-state index contributed by atoms with van der Waals surface area (Å²) < 4.78 is 10.1. The molecule has 0 spiro atoms. The SMILES string of the molecule is CCCCCNOBONCCCCC. The van der Waals surface area contributed by atoms with Gasteiger partial charge in [0.05, 0.1) is 0 Å². The van der Waals surface area contributed by atoms with Gasteiger partial charge in [-0.3, -0.25) is 0 Å². The van der Waals surface area contributed by atoms with Crippen LogP contribution in [-0.2, 0) is 9.51 Å². The summed E-state index contributed by atoms with van der Waals surface area (Å²) in [5.74, 6) is 0. The van der Waals surface area contributed by atoms with E-state index in [2.05, 4.69) is 24.8 Å². The van der Waals surface area contributed by atoms with Crippen molar-refractivity contribution in [1.29, 1.82) is 0 Å². The lowest BCUT2D eigenvalue weighted by atomic mass is 10.2. The molecule has 0 rings (SSSR count). The largest absolute Gasteiger partial charge is 0.473 e. The predicted octanol–water partition coefficient (Wildman–Crippen LogP) is 1.68. The molecule has 0 amide bonds. The quantitative estimate of drug-likeness (QED) is 0.296. The maximum Gasteiger partial charge on any atom is 0.473 e. The molecule has 2 N–H and O–H groups in total. The van der Waals surface area contributed by atoms with E-state index in [-0.39, 0.29) is 7.69 Å². The Kier molecular flexibility index (Phi) is 13.8. The van der Waals surface area contributed by atoms with Gasteiger partial charge >= 0.3 is 7.69 Å². The van der Waals surface area contributed by atoms with Gasteiger partial charge in [0.15, 0.2) is 0 Å². The Morgan fingerprint density at radius 1 is 0.800 bits per heavy atom.